The van der Waals surface area contributed by atoms with Crippen molar-refractivity contribution in [3.8, 4) is 5.75 Å². The summed E-state index contributed by atoms with van der Waals surface area (Å²) in [5, 5.41) is 3.96. The van der Waals surface area contributed by atoms with Gasteiger partial charge in [-0.15, -0.1) is 0 Å². The van der Waals surface area contributed by atoms with Gasteiger partial charge in [0.2, 0.25) is 0 Å². The molecule has 0 bridgehead atoms. The average molecular weight is 375 g/mol. The summed E-state index contributed by atoms with van der Waals surface area (Å²) >= 11 is 0. The molecule has 28 heavy (non-hydrogen) atoms. The fraction of sp³-hybridized carbons (Fsp3) is 0.273. The summed E-state index contributed by atoms with van der Waals surface area (Å²) in [6.07, 6.45) is 2.04. The first-order chi connectivity index (χ1) is 13.7. The molecule has 142 valence electrons. The molecule has 1 fully saturated rings. The number of hydrogen-bond acceptors (Lipinski definition) is 3. The molecule has 2 aromatic carbocycles. The largest absolute Gasteiger partial charge is 0.482 e. The lowest BCUT2D eigenvalue weighted by atomic mass is 9.94. The van der Waals surface area contributed by atoms with Gasteiger partial charge in [0.25, 0.3) is 11.8 Å². The number of hydrogen-bond donors (Lipinski definition) is 2. The lowest BCUT2D eigenvalue weighted by Gasteiger charge is -2.32. The van der Waals surface area contributed by atoms with Crippen LogP contribution in [0.25, 0.3) is 10.9 Å². The third-order valence-electron chi connectivity index (χ3n) is 5.56. The molecule has 0 spiro atoms. The number of benzene rings is 2. The quantitative estimate of drug-likeness (QED) is 0.720. The number of aromatic nitrogens is 1. The molecule has 5 rings (SSSR count). The number of anilines is 1. The van der Waals surface area contributed by atoms with Crippen molar-refractivity contribution < 1.29 is 14.3 Å². The minimum atomic E-state index is -0.177. The van der Waals surface area contributed by atoms with Crippen molar-refractivity contribution in [3.63, 3.8) is 0 Å². The summed E-state index contributed by atoms with van der Waals surface area (Å²) in [7, 11) is 0. The highest BCUT2D eigenvalue weighted by Gasteiger charge is 2.27. The second kappa shape index (κ2) is 6.71. The second-order valence-corrected chi connectivity index (χ2v) is 7.45. The van der Waals surface area contributed by atoms with Gasteiger partial charge in [-0.1, -0.05) is 18.2 Å². The molecule has 3 heterocycles. The predicted octanol–water partition coefficient (Wildman–Crippen LogP) is 3.52. The van der Waals surface area contributed by atoms with Gasteiger partial charge in [-0.05, 0) is 48.6 Å². The molecular formula is C22H21N3O3. The van der Waals surface area contributed by atoms with Gasteiger partial charge in [0.1, 0.15) is 5.75 Å². The number of likely N-dealkylation sites (tertiary alicyclic amines) is 1. The van der Waals surface area contributed by atoms with Gasteiger partial charge in [-0.25, -0.2) is 0 Å². The Morgan fingerprint density at radius 2 is 2.04 bits per heavy atom. The number of para-hydroxylation sites is 1. The van der Waals surface area contributed by atoms with E-state index in [0.717, 1.165) is 24.9 Å². The van der Waals surface area contributed by atoms with Gasteiger partial charge < -0.3 is 19.9 Å². The summed E-state index contributed by atoms with van der Waals surface area (Å²) in [5.74, 6) is 0.681. The zero-order valence-electron chi connectivity index (χ0n) is 15.4. The molecule has 0 aliphatic carbocycles. The molecule has 2 aliphatic rings. The van der Waals surface area contributed by atoms with Crippen LogP contribution in [-0.4, -0.2) is 41.4 Å². The van der Waals surface area contributed by atoms with E-state index in [9.17, 15) is 9.59 Å². The molecule has 2 N–H and O–H groups in total. The fourth-order valence-electron chi connectivity index (χ4n) is 4.12. The molecule has 1 aromatic heterocycles. The summed E-state index contributed by atoms with van der Waals surface area (Å²) in [6, 6.07) is 15.7. The molecule has 6 nitrogen and oxygen atoms in total. The first-order valence-corrected chi connectivity index (χ1v) is 9.61. The molecule has 1 saturated heterocycles. The van der Waals surface area contributed by atoms with E-state index in [1.54, 1.807) is 18.2 Å². The Morgan fingerprint density at radius 3 is 2.93 bits per heavy atom. The highest BCUT2D eigenvalue weighted by Crippen LogP contribution is 2.32. The molecule has 6 heteroatoms. The molecule has 2 amide bonds. The van der Waals surface area contributed by atoms with Crippen molar-refractivity contribution in [1.29, 1.82) is 0 Å². The summed E-state index contributed by atoms with van der Waals surface area (Å²) in [4.78, 5) is 29.9. The van der Waals surface area contributed by atoms with Gasteiger partial charge in [-0.3, -0.25) is 9.59 Å². The minimum absolute atomic E-state index is 0.00381. The van der Waals surface area contributed by atoms with E-state index in [1.807, 2.05) is 17.0 Å². The van der Waals surface area contributed by atoms with Crippen molar-refractivity contribution in [2.75, 3.05) is 25.0 Å². The number of amides is 2. The van der Waals surface area contributed by atoms with Gasteiger partial charge in [0.05, 0.1) is 5.69 Å². The Morgan fingerprint density at radius 1 is 1.14 bits per heavy atom. The van der Waals surface area contributed by atoms with Crippen LogP contribution in [0.15, 0.2) is 48.5 Å². The lowest BCUT2D eigenvalue weighted by Crippen LogP contribution is -2.39. The molecule has 0 saturated carbocycles. The highest BCUT2D eigenvalue weighted by molar-refractivity contribution is 5.99. The monoisotopic (exact) mass is 375 g/mol. The Labute approximate surface area is 162 Å². The lowest BCUT2D eigenvalue weighted by molar-refractivity contribution is -0.118. The van der Waals surface area contributed by atoms with Gasteiger partial charge >= 0.3 is 0 Å². The smallest absolute Gasteiger partial charge is 0.262 e. The fourth-order valence-corrected chi connectivity index (χ4v) is 4.12. The summed E-state index contributed by atoms with van der Waals surface area (Å²) < 4.78 is 5.45. The van der Waals surface area contributed by atoms with Crippen LogP contribution < -0.4 is 10.1 Å². The molecule has 0 radical (unpaired) electrons. The number of nitrogens with one attached hydrogen (secondary N) is 2. The number of H-pyrrole nitrogens is 1. The maximum atomic E-state index is 13.1. The molecular weight excluding hydrogens is 354 g/mol. The maximum Gasteiger partial charge on any atom is 0.262 e. The zero-order chi connectivity index (χ0) is 19.1. The van der Waals surface area contributed by atoms with Crippen molar-refractivity contribution in [2.45, 2.75) is 18.8 Å². The number of ether oxygens (including phenoxy) is 1. The number of nitrogens with zero attached hydrogens (tertiary/aromatic N) is 1. The molecule has 2 aliphatic heterocycles. The zero-order valence-corrected chi connectivity index (χ0v) is 15.4. The van der Waals surface area contributed by atoms with E-state index in [-0.39, 0.29) is 18.4 Å². The standard InChI is InChI=1S/C22H21N3O3/c26-21-13-28-20-11-15(7-8-18(20)24-21)22(27)25-9-3-5-16(12-25)19-10-14-4-1-2-6-17(14)23-19/h1-2,4,6-8,10-11,16,23H,3,5,9,12-13H2,(H,24,26). The number of rotatable bonds is 2. The van der Waals surface area contributed by atoms with Crippen LogP contribution in [0.5, 0.6) is 5.75 Å². The van der Waals surface area contributed by atoms with Crippen LogP contribution in [0.2, 0.25) is 0 Å². The van der Waals surface area contributed by atoms with Crippen LogP contribution in [-0.2, 0) is 4.79 Å². The van der Waals surface area contributed by atoms with Gasteiger partial charge in [0, 0.05) is 35.8 Å². The Bertz CT molecular complexity index is 1040. The maximum absolute atomic E-state index is 13.1. The third-order valence-corrected chi connectivity index (χ3v) is 5.56. The van der Waals surface area contributed by atoms with Crippen LogP contribution in [0.3, 0.4) is 0 Å². The van der Waals surface area contributed by atoms with E-state index >= 15 is 0 Å². The van der Waals surface area contributed by atoms with E-state index < -0.39 is 0 Å². The predicted molar refractivity (Wildman–Crippen MR) is 107 cm³/mol. The molecule has 3 aromatic rings. The van der Waals surface area contributed by atoms with Crippen LogP contribution >= 0.6 is 0 Å². The number of carbonyl (C=O) groups excluding carboxylic acids is 2. The Kier molecular flexibility index (Phi) is 4.04. The average Bonchev–Trinajstić information content (AvgIpc) is 3.17. The second-order valence-electron chi connectivity index (χ2n) is 7.45. The first-order valence-electron chi connectivity index (χ1n) is 9.61. The summed E-state index contributed by atoms with van der Waals surface area (Å²) in [6.45, 7) is 1.43. The van der Waals surface area contributed by atoms with Crippen LogP contribution in [0.4, 0.5) is 5.69 Å². The van der Waals surface area contributed by atoms with E-state index in [1.165, 1.54) is 11.1 Å². The van der Waals surface area contributed by atoms with Crippen molar-refractivity contribution in [1.82, 2.24) is 9.88 Å². The number of fused-ring (bicyclic) bond motifs is 2. The first kappa shape index (κ1) is 16.9. The highest BCUT2D eigenvalue weighted by atomic mass is 16.5. The van der Waals surface area contributed by atoms with Crippen molar-refractivity contribution in [3.05, 3.63) is 59.8 Å². The molecule has 1 atom stereocenters. The SMILES string of the molecule is O=C1COc2cc(C(=O)N3CCCC(c4cc5ccccc5[nH]4)C3)ccc2N1. The summed E-state index contributed by atoms with van der Waals surface area (Å²) in [5.41, 5.74) is 3.53. The minimum Gasteiger partial charge on any atom is -0.482 e. The number of carbonyl (C=O) groups is 2. The van der Waals surface area contributed by atoms with Crippen LogP contribution in [0.1, 0.15) is 34.8 Å². The van der Waals surface area contributed by atoms with E-state index in [2.05, 4.69) is 28.5 Å². The third kappa shape index (κ3) is 3.01. The topological polar surface area (TPSA) is 74.4 Å². The van der Waals surface area contributed by atoms with Gasteiger partial charge in [0.15, 0.2) is 6.61 Å². The van der Waals surface area contributed by atoms with Crippen molar-refractivity contribution >= 4 is 28.4 Å². The Balaban J connectivity index is 1.36. The molecule has 1 unspecified atom stereocenters. The van der Waals surface area contributed by atoms with E-state index in [4.69, 9.17) is 4.74 Å². The van der Waals surface area contributed by atoms with E-state index in [0.29, 0.717) is 29.5 Å². The Hall–Kier alpha value is -3.28. The normalized spacial score (nSPS) is 19.1. The van der Waals surface area contributed by atoms with Crippen LogP contribution in [0, 0.1) is 0 Å². The van der Waals surface area contributed by atoms with Crippen molar-refractivity contribution in [2.24, 2.45) is 0 Å². The van der Waals surface area contributed by atoms with Gasteiger partial charge in [-0.2, -0.15) is 0 Å². The number of piperidine rings is 1. The number of aromatic amines is 1.